The largest absolute Gasteiger partial charge is 0.368 e. The predicted molar refractivity (Wildman–Crippen MR) is 131 cm³/mol. The molecule has 1 fully saturated rings. The van der Waals surface area contributed by atoms with Crippen LogP contribution in [0.1, 0.15) is 32.8 Å². The third-order valence-corrected chi connectivity index (χ3v) is 5.80. The van der Waals surface area contributed by atoms with Gasteiger partial charge in [-0.3, -0.25) is 14.4 Å². The van der Waals surface area contributed by atoms with Gasteiger partial charge >= 0.3 is 0 Å². The molecule has 1 N–H and O–H groups in total. The first-order valence-corrected chi connectivity index (χ1v) is 11.6. The second-order valence-electron chi connectivity index (χ2n) is 9.06. The third kappa shape index (κ3) is 7.30. The first-order chi connectivity index (χ1) is 16.2. The zero-order valence-electron chi connectivity index (χ0n) is 20.1. The maximum absolute atomic E-state index is 13.1. The van der Waals surface area contributed by atoms with Gasteiger partial charge < -0.3 is 20.0 Å². The zero-order chi connectivity index (χ0) is 24.7. The van der Waals surface area contributed by atoms with Crippen LogP contribution in [0.3, 0.4) is 0 Å². The number of hydrogen-bond donors (Lipinski definition) is 1. The van der Waals surface area contributed by atoms with Gasteiger partial charge in [0.25, 0.3) is 0 Å². The molecule has 1 aliphatic rings. The number of amides is 3. The Morgan fingerprint density at radius 2 is 1.59 bits per heavy atom. The fourth-order valence-corrected chi connectivity index (χ4v) is 3.91. The highest BCUT2D eigenvalue weighted by Gasteiger charge is 2.22. The van der Waals surface area contributed by atoms with Gasteiger partial charge in [-0.15, -0.1) is 0 Å². The van der Waals surface area contributed by atoms with E-state index in [0.717, 1.165) is 24.3 Å². The number of halogens is 1. The molecular weight excluding hydrogens is 435 g/mol. The van der Waals surface area contributed by atoms with Crippen LogP contribution in [0.15, 0.2) is 48.5 Å². The Bertz CT molecular complexity index is 984. The SMILES string of the molecule is CC(=O)N(CC(=O)Nc1ccc(N2CCN(C(=O)CC(C)C)CC2)cc1)Cc1ccc(F)cc1. The summed E-state index contributed by atoms with van der Waals surface area (Å²) in [5.74, 6) is -0.311. The molecule has 34 heavy (non-hydrogen) atoms. The van der Waals surface area contributed by atoms with Gasteiger partial charge in [0, 0.05) is 57.4 Å². The first kappa shape index (κ1) is 25.2. The standard InChI is InChI=1S/C26H33FN4O3/c1-19(2)16-26(34)30-14-12-29(13-15-30)24-10-8-23(9-11-24)28-25(33)18-31(20(3)32)17-21-4-6-22(27)7-5-21/h4-11,19H,12-18H2,1-3H3,(H,28,33). The normalized spacial score (nSPS) is 13.7. The number of rotatable bonds is 8. The predicted octanol–water partition coefficient (Wildman–Crippen LogP) is 3.51. The van der Waals surface area contributed by atoms with E-state index in [1.165, 1.54) is 24.0 Å². The number of carbonyl (C=O) groups is 3. The van der Waals surface area contributed by atoms with Crippen LogP contribution in [-0.4, -0.2) is 60.2 Å². The number of anilines is 2. The molecule has 0 bridgehead atoms. The van der Waals surface area contributed by atoms with Gasteiger partial charge in [-0.1, -0.05) is 26.0 Å². The highest BCUT2D eigenvalue weighted by Crippen LogP contribution is 2.20. The minimum absolute atomic E-state index is 0.0964. The second kappa shape index (κ2) is 11.6. The lowest BCUT2D eigenvalue weighted by molar-refractivity contribution is -0.133. The van der Waals surface area contributed by atoms with E-state index < -0.39 is 0 Å². The van der Waals surface area contributed by atoms with Crippen molar-refractivity contribution in [1.82, 2.24) is 9.80 Å². The molecule has 0 radical (unpaired) electrons. The van der Waals surface area contributed by atoms with E-state index in [1.54, 1.807) is 12.1 Å². The van der Waals surface area contributed by atoms with E-state index >= 15 is 0 Å². The maximum Gasteiger partial charge on any atom is 0.244 e. The number of carbonyl (C=O) groups excluding carboxylic acids is 3. The monoisotopic (exact) mass is 468 g/mol. The minimum Gasteiger partial charge on any atom is -0.368 e. The molecule has 3 amide bonds. The molecule has 0 aliphatic carbocycles. The summed E-state index contributed by atoms with van der Waals surface area (Å²) >= 11 is 0. The van der Waals surface area contributed by atoms with Crippen molar-refractivity contribution in [1.29, 1.82) is 0 Å². The number of piperazine rings is 1. The van der Waals surface area contributed by atoms with E-state index in [9.17, 15) is 18.8 Å². The number of nitrogens with one attached hydrogen (secondary N) is 1. The Kier molecular flexibility index (Phi) is 8.62. The van der Waals surface area contributed by atoms with Gasteiger partial charge in [0.1, 0.15) is 12.4 Å². The van der Waals surface area contributed by atoms with Crippen LogP contribution in [0.4, 0.5) is 15.8 Å². The van der Waals surface area contributed by atoms with Crippen molar-refractivity contribution in [3.63, 3.8) is 0 Å². The van der Waals surface area contributed by atoms with Gasteiger partial charge in [-0.2, -0.15) is 0 Å². The van der Waals surface area contributed by atoms with Crippen LogP contribution in [0, 0.1) is 11.7 Å². The molecule has 2 aromatic rings. The molecule has 8 heteroatoms. The number of nitrogens with zero attached hydrogens (tertiary/aromatic N) is 3. The van der Waals surface area contributed by atoms with E-state index in [4.69, 9.17) is 0 Å². The second-order valence-corrected chi connectivity index (χ2v) is 9.06. The van der Waals surface area contributed by atoms with Crippen molar-refractivity contribution in [2.75, 3.05) is 42.9 Å². The van der Waals surface area contributed by atoms with Crippen LogP contribution < -0.4 is 10.2 Å². The summed E-state index contributed by atoms with van der Waals surface area (Å²) in [4.78, 5) is 42.3. The summed E-state index contributed by atoms with van der Waals surface area (Å²) in [6, 6.07) is 13.4. The molecule has 1 heterocycles. The van der Waals surface area contributed by atoms with E-state index in [-0.39, 0.29) is 36.6 Å². The van der Waals surface area contributed by atoms with E-state index in [0.29, 0.717) is 31.1 Å². The molecule has 0 spiro atoms. The van der Waals surface area contributed by atoms with Crippen LogP contribution in [0.5, 0.6) is 0 Å². The quantitative estimate of drug-likeness (QED) is 0.644. The summed E-state index contributed by atoms with van der Waals surface area (Å²) in [6.45, 7) is 8.60. The van der Waals surface area contributed by atoms with Crippen molar-refractivity contribution in [2.45, 2.75) is 33.7 Å². The maximum atomic E-state index is 13.1. The van der Waals surface area contributed by atoms with Crippen LogP contribution >= 0.6 is 0 Å². The highest BCUT2D eigenvalue weighted by molar-refractivity contribution is 5.94. The van der Waals surface area contributed by atoms with Crippen molar-refractivity contribution in [3.05, 3.63) is 59.9 Å². The molecule has 2 aromatic carbocycles. The Labute approximate surface area is 200 Å². The van der Waals surface area contributed by atoms with Crippen molar-refractivity contribution >= 4 is 29.1 Å². The minimum atomic E-state index is -0.346. The number of benzene rings is 2. The average Bonchev–Trinajstić information content (AvgIpc) is 2.80. The van der Waals surface area contributed by atoms with Gasteiger partial charge in [0.15, 0.2) is 0 Å². The lowest BCUT2D eigenvalue weighted by Gasteiger charge is -2.36. The van der Waals surface area contributed by atoms with Gasteiger partial charge in [-0.25, -0.2) is 4.39 Å². The Hall–Kier alpha value is -3.42. The summed E-state index contributed by atoms with van der Waals surface area (Å²) in [7, 11) is 0. The van der Waals surface area contributed by atoms with Gasteiger partial charge in [0.2, 0.25) is 17.7 Å². The molecule has 0 saturated carbocycles. The molecule has 3 rings (SSSR count). The summed E-state index contributed by atoms with van der Waals surface area (Å²) in [6.07, 6.45) is 0.583. The summed E-state index contributed by atoms with van der Waals surface area (Å²) < 4.78 is 13.1. The first-order valence-electron chi connectivity index (χ1n) is 11.6. The Balaban J connectivity index is 1.50. The topological polar surface area (TPSA) is 73.0 Å². The highest BCUT2D eigenvalue weighted by atomic mass is 19.1. The average molecular weight is 469 g/mol. The summed E-state index contributed by atoms with van der Waals surface area (Å²) in [5, 5.41) is 2.83. The summed E-state index contributed by atoms with van der Waals surface area (Å²) in [5.41, 5.74) is 2.43. The molecule has 1 aliphatic heterocycles. The fraction of sp³-hybridized carbons (Fsp3) is 0.423. The van der Waals surface area contributed by atoms with Gasteiger partial charge in [0.05, 0.1) is 0 Å². The van der Waals surface area contributed by atoms with E-state index in [1.807, 2.05) is 29.2 Å². The molecule has 0 unspecified atom stereocenters. The Morgan fingerprint density at radius 1 is 0.971 bits per heavy atom. The molecule has 1 saturated heterocycles. The lowest BCUT2D eigenvalue weighted by atomic mass is 10.1. The molecular formula is C26H33FN4O3. The zero-order valence-corrected chi connectivity index (χ0v) is 20.1. The van der Waals surface area contributed by atoms with Crippen LogP contribution in [-0.2, 0) is 20.9 Å². The molecule has 0 atom stereocenters. The molecule has 0 aromatic heterocycles. The smallest absolute Gasteiger partial charge is 0.244 e. The Morgan fingerprint density at radius 3 is 2.15 bits per heavy atom. The fourth-order valence-electron chi connectivity index (χ4n) is 3.91. The van der Waals surface area contributed by atoms with Gasteiger partial charge in [-0.05, 0) is 47.9 Å². The lowest BCUT2D eigenvalue weighted by Crippen LogP contribution is -2.49. The molecule has 7 nitrogen and oxygen atoms in total. The van der Waals surface area contributed by atoms with Crippen molar-refractivity contribution in [2.24, 2.45) is 5.92 Å². The van der Waals surface area contributed by atoms with E-state index in [2.05, 4.69) is 24.1 Å². The number of hydrogen-bond acceptors (Lipinski definition) is 4. The third-order valence-electron chi connectivity index (χ3n) is 5.80. The molecule has 182 valence electrons. The van der Waals surface area contributed by atoms with Crippen molar-refractivity contribution < 1.29 is 18.8 Å². The van der Waals surface area contributed by atoms with Crippen LogP contribution in [0.2, 0.25) is 0 Å². The van der Waals surface area contributed by atoms with Crippen molar-refractivity contribution in [3.8, 4) is 0 Å². The van der Waals surface area contributed by atoms with Crippen LogP contribution in [0.25, 0.3) is 0 Å².